The van der Waals surface area contributed by atoms with Crippen molar-refractivity contribution in [2.24, 2.45) is 15.4 Å². The van der Waals surface area contributed by atoms with Crippen LogP contribution in [0.1, 0.15) is 0 Å². The fraction of sp³-hybridized carbons (Fsp3) is 0. The van der Waals surface area contributed by atoms with Crippen molar-refractivity contribution in [3.8, 4) is 0 Å². The smallest absolute Gasteiger partial charge is 0.280 e. The minimum absolute atomic E-state index is 0.442. The third kappa shape index (κ3) is 1.25. The van der Waals surface area contributed by atoms with E-state index in [0.29, 0.717) is 11.4 Å². The van der Waals surface area contributed by atoms with E-state index < -0.39 is 16.3 Å². The van der Waals surface area contributed by atoms with Crippen molar-refractivity contribution >= 4 is 27.7 Å². The summed E-state index contributed by atoms with van der Waals surface area (Å²) in [6.45, 7) is 0. The largest absolute Gasteiger partial charge is 0.399 e. The van der Waals surface area contributed by atoms with E-state index in [2.05, 4.69) is 9.63 Å². The average Bonchev–Trinajstić information content (AvgIpc) is 2.46. The van der Waals surface area contributed by atoms with Crippen molar-refractivity contribution in [2.75, 3.05) is 5.73 Å². The van der Waals surface area contributed by atoms with E-state index in [1.807, 2.05) is 0 Å². The van der Waals surface area contributed by atoms with Gasteiger partial charge in [0.25, 0.3) is 5.24 Å². The fourth-order valence-electron chi connectivity index (χ4n) is 1.10. The molecule has 1 amide bonds. The number of rotatable bonds is 0. The monoisotopic (exact) mass is 196 g/mol. The molecule has 0 fully saturated rings. The first-order chi connectivity index (χ1) is 6.18. The summed E-state index contributed by atoms with van der Waals surface area (Å²) in [4.78, 5) is 11.7. The first-order valence-corrected chi connectivity index (χ1v) is 4.88. The van der Waals surface area contributed by atoms with Crippen molar-refractivity contribution in [1.82, 2.24) is 0 Å². The molecule has 1 aromatic rings. The van der Waals surface area contributed by atoms with Crippen LogP contribution in [0.15, 0.2) is 32.7 Å². The molecule has 4 N–H and O–H groups in total. The quantitative estimate of drug-likeness (QED) is 0.435. The molecule has 0 aliphatic carbocycles. The Morgan fingerprint density at radius 3 is 2.92 bits per heavy atom. The molecule has 68 valence electrons. The molecular formula is C7H8N4OS. The number of primary amides is 1. The highest BCUT2D eigenvalue weighted by Crippen LogP contribution is 2.50. The number of anilines is 1. The van der Waals surface area contributed by atoms with Crippen molar-refractivity contribution in [3.63, 3.8) is 0 Å². The summed E-state index contributed by atoms with van der Waals surface area (Å²) >= 11 is -1.32. The summed E-state index contributed by atoms with van der Waals surface area (Å²) in [7, 11) is 0. The van der Waals surface area contributed by atoms with Crippen LogP contribution >= 0.6 is 11.1 Å². The average molecular weight is 196 g/mol. The Hall–Kier alpha value is -1.56. The van der Waals surface area contributed by atoms with Gasteiger partial charge < -0.3 is 11.5 Å². The standard InChI is InChI=1S/C7H8N4OS/c8-4-1-2-5-6(3-4)13(7(9)12)11-10-5/h1-3,13H,8H2,(H2,9,12). The Balaban J connectivity index is 2.51. The van der Waals surface area contributed by atoms with Gasteiger partial charge in [-0.1, -0.05) is 0 Å². The maximum Gasteiger partial charge on any atom is 0.280 e. The molecule has 5 nitrogen and oxygen atoms in total. The van der Waals surface area contributed by atoms with Crippen molar-refractivity contribution < 1.29 is 4.79 Å². The lowest BCUT2D eigenvalue weighted by Crippen LogP contribution is -2.06. The second kappa shape index (κ2) is 2.74. The topological polar surface area (TPSA) is 93.8 Å². The predicted octanol–water partition coefficient (Wildman–Crippen LogP) is 1.72. The maximum atomic E-state index is 10.9. The minimum atomic E-state index is -1.32. The van der Waals surface area contributed by atoms with Crippen molar-refractivity contribution in [3.05, 3.63) is 18.2 Å². The number of amides is 1. The highest BCUT2D eigenvalue weighted by molar-refractivity contribution is 8.28. The summed E-state index contributed by atoms with van der Waals surface area (Å²) in [5, 5.41) is 3.40. The summed E-state index contributed by atoms with van der Waals surface area (Å²) in [5.41, 5.74) is 12.0. The number of thiol groups is 1. The number of carbonyl (C=O) groups excluding carboxylic acids is 1. The van der Waals surface area contributed by atoms with Gasteiger partial charge in [-0.3, -0.25) is 4.79 Å². The van der Waals surface area contributed by atoms with Gasteiger partial charge in [0.2, 0.25) is 0 Å². The Morgan fingerprint density at radius 2 is 2.23 bits per heavy atom. The van der Waals surface area contributed by atoms with E-state index >= 15 is 0 Å². The molecule has 1 aliphatic heterocycles. The summed E-state index contributed by atoms with van der Waals surface area (Å²) in [6.07, 6.45) is 0. The number of fused-ring (bicyclic) bond motifs is 1. The van der Waals surface area contributed by atoms with Gasteiger partial charge in [0.05, 0.1) is 0 Å². The van der Waals surface area contributed by atoms with Gasteiger partial charge in [0.15, 0.2) is 0 Å². The highest BCUT2D eigenvalue weighted by atomic mass is 32.2. The molecule has 0 aromatic heterocycles. The third-order valence-corrected chi connectivity index (χ3v) is 3.18. The van der Waals surface area contributed by atoms with Gasteiger partial charge in [0, 0.05) is 10.6 Å². The minimum Gasteiger partial charge on any atom is -0.399 e. The number of nitrogens with two attached hydrogens (primary N) is 2. The first-order valence-electron chi connectivity index (χ1n) is 3.59. The van der Waals surface area contributed by atoms with Crippen LogP contribution in [0.5, 0.6) is 0 Å². The van der Waals surface area contributed by atoms with Crippen LogP contribution in [0, 0.1) is 0 Å². The number of benzene rings is 1. The zero-order valence-electron chi connectivity index (χ0n) is 6.64. The van der Waals surface area contributed by atoms with Gasteiger partial charge in [-0.2, -0.15) is 0 Å². The predicted molar refractivity (Wildman–Crippen MR) is 52.2 cm³/mol. The molecule has 13 heavy (non-hydrogen) atoms. The lowest BCUT2D eigenvalue weighted by Gasteiger charge is -2.06. The molecule has 0 radical (unpaired) electrons. The molecule has 1 unspecified atom stereocenters. The number of hydrogen-bond acceptors (Lipinski definition) is 4. The number of nitrogens with zero attached hydrogens (tertiary/aromatic N) is 2. The van der Waals surface area contributed by atoms with Crippen LogP contribution in [0.25, 0.3) is 0 Å². The Morgan fingerprint density at radius 1 is 1.46 bits per heavy atom. The van der Waals surface area contributed by atoms with Gasteiger partial charge in [0.1, 0.15) is 5.69 Å². The summed E-state index contributed by atoms with van der Waals surface area (Å²) in [5.74, 6) is 0. The Labute approximate surface area is 77.3 Å². The second-order valence-electron chi connectivity index (χ2n) is 2.59. The number of hydrogen-bond donors (Lipinski definition) is 3. The first kappa shape index (κ1) is 8.06. The van der Waals surface area contributed by atoms with E-state index in [9.17, 15) is 4.79 Å². The van der Waals surface area contributed by atoms with Crippen LogP contribution in [0.4, 0.5) is 16.2 Å². The molecule has 6 heteroatoms. The van der Waals surface area contributed by atoms with Crippen molar-refractivity contribution in [1.29, 1.82) is 0 Å². The van der Waals surface area contributed by atoms with Gasteiger partial charge >= 0.3 is 0 Å². The highest BCUT2D eigenvalue weighted by Gasteiger charge is 2.21. The maximum absolute atomic E-state index is 10.9. The van der Waals surface area contributed by atoms with Crippen LogP contribution in [0.2, 0.25) is 0 Å². The molecule has 0 saturated carbocycles. The number of nitrogen functional groups attached to an aromatic ring is 1. The molecule has 0 bridgehead atoms. The van der Waals surface area contributed by atoms with Crippen LogP contribution in [0.3, 0.4) is 0 Å². The van der Waals surface area contributed by atoms with E-state index in [-0.39, 0.29) is 0 Å². The Bertz CT molecular complexity index is 403. The zero-order chi connectivity index (χ0) is 9.42. The van der Waals surface area contributed by atoms with Gasteiger partial charge in [-0.05, 0) is 29.3 Å². The SMILES string of the molecule is NC(=O)[SH]1N=Nc2ccc(N)cc21. The van der Waals surface area contributed by atoms with E-state index in [1.54, 1.807) is 18.2 Å². The zero-order valence-corrected chi connectivity index (χ0v) is 7.53. The summed E-state index contributed by atoms with van der Waals surface area (Å²) in [6, 6.07) is 5.16. The molecule has 1 atom stereocenters. The Kier molecular flexibility index (Phi) is 1.70. The molecule has 1 aliphatic rings. The molecule has 2 rings (SSSR count). The van der Waals surface area contributed by atoms with Crippen LogP contribution < -0.4 is 11.5 Å². The normalized spacial score (nSPS) is 21.4. The lowest BCUT2D eigenvalue weighted by molar-refractivity contribution is 0.267. The van der Waals surface area contributed by atoms with Gasteiger partial charge in [-0.15, -0.1) is 9.63 Å². The van der Waals surface area contributed by atoms with E-state index in [1.165, 1.54) is 0 Å². The fourth-order valence-corrected chi connectivity index (χ4v) is 2.31. The molecular weight excluding hydrogens is 188 g/mol. The lowest BCUT2D eigenvalue weighted by atomic mass is 10.3. The van der Waals surface area contributed by atoms with Crippen molar-refractivity contribution in [2.45, 2.75) is 4.90 Å². The molecule has 0 spiro atoms. The number of carbonyl (C=O) groups is 1. The van der Waals surface area contributed by atoms with E-state index in [0.717, 1.165) is 4.90 Å². The van der Waals surface area contributed by atoms with E-state index in [4.69, 9.17) is 11.5 Å². The molecule has 1 heterocycles. The third-order valence-electron chi connectivity index (χ3n) is 1.68. The van der Waals surface area contributed by atoms with Crippen LogP contribution in [-0.2, 0) is 0 Å². The van der Waals surface area contributed by atoms with Crippen LogP contribution in [-0.4, -0.2) is 5.24 Å². The summed E-state index contributed by atoms with van der Waals surface area (Å²) < 4.78 is 3.80. The second-order valence-corrected chi connectivity index (χ2v) is 4.31. The molecule has 0 saturated heterocycles. The van der Waals surface area contributed by atoms with Gasteiger partial charge in [-0.25, -0.2) is 0 Å². The molecule has 1 aromatic carbocycles.